The van der Waals surface area contributed by atoms with Crippen molar-refractivity contribution in [2.45, 2.75) is 12.8 Å². The van der Waals surface area contributed by atoms with E-state index in [1.807, 2.05) is 0 Å². The molecule has 3 rings (SSSR count). The van der Waals surface area contributed by atoms with E-state index in [1.165, 1.54) is 6.07 Å². The number of hydrogen-bond acceptors (Lipinski definition) is 2. The zero-order chi connectivity index (χ0) is 14.7. The van der Waals surface area contributed by atoms with Crippen LogP contribution in [0.15, 0.2) is 18.2 Å². The summed E-state index contributed by atoms with van der Waals surface area (Å²) in [5.41, 5.74) is 0.931. The van der Waals surface area contributed by atoms with Gasteiger partial charge in [-0.25, -0.2) is 9.18 Å². The number of benzene rings is 1. The molecule has 1 aliphatic carbocycles. The lowest BCUT2D eigenvalue weighted by atomic mass is 10.2. The molecule has 2 amide bonds. The summed E-state index contributed by atoms with van der Waals surface area (Å²) in [4.78, 5) is 13.8. The standard InChI is InChI=1S/C16H18FN3O.ClH/c17-14-6-5-13(4-3-12-1-2-12)11-15(14)19-16(21)20-9-7-18-8-10-20;/h5-6,11-12,18H,1-2,7-10H2,(H,19,21);1H. The first-order chi connectivity index (χ1) is 10.2. The van der Waals surface area contributed by atoms with Gasteiger partial charge < -0.3 is 15.5 Å². The third kappa shape index (κ3) is 4.36. The predicted molar refractivity (Wildman–Crippen MR) is 86.7 cm³/mol. The van der Waals surface area contributed by atoms with E-state index in [2.05, 4.69) is 22.5 Å². The van der Waals surface area contributed by atoms with Crippen molar-refractivity contribution in [2.24, 2.45) is 5.92 Å². The first kappa shape index (κ1) is 16.6. The van der Waals surface area contributed by atoms with Gasteiger partial charge in [0.25, 0.3) is 0 Å². The maximum absolute atomic E-state index is 13.8. The van der Waals surface area contributed by atoms with Crippen molar-refractivity contribution >= 4 is 24.1 Å². The first-order valence-corrected chi connectivity index (χ1v) is 7.30. The molecule has 1 aliphatic heterocycles. The zero-order valence-electron chi connectivity index (χ0n) is 12.2. The summed E-state index contributed by atoms with van der Waals surface area (Å²) in [7, 11) is 0. The highest BCUT2D eigenvalue weighted by molar-refractivity contribution is 5.89. The lowest BCUT2D eigenvalue weighted by Crippen LogP contribution is -2.48. The maximum atomic E-state index is 13.8. The zero-order valence-corrected chi connectivity index (χ0v) is 13.0. The van der Waals surface area contributed by atoms with Crippen molar-refractivity contribution in [3.8, 4) is 11.8 Å². The molecule has 0 unspecified atom stereocenters. The first-order valence-electron chi connectivity index (χ1n) is 7.30. The van der Waals surface area contributed by atoms with Gasteiger partial charge in [-0.1, -0.05) is 11.8 Å². The molecule has 4 nitrogen and oxygen atoms in total. The van der Waals surface area contributed by atoms with E-state index in [4.69, 9.17) is 0 Å². The molecule has 118 valence electrons. The average Bonchev–Trinajstić information content (AvgIpc) is 3.33. The summed E-state index contributed by atoms with van der Waals surface area (Å²) in [6, 6.07) is 4.34. The van der Waals surface area contributed by atoms with Crippen LogP contribution < -0.4 is 10.6 Å². The molecular weight excluding hydrogens is 305 g/mol. The van der Waals surface area contributed by atoms with E-state index in [0.717, 1.165) is 31.5 Å². The van der Waals surface area contributed by atoms with Gasteiger partial charge >= 0.3 is 6.03 Å². The van der Waals surface area contributed by atoms with Crippen LogP contribution in [0.5, 0.6) is 0 Å². The van der Waals surface area contributed by atoms with Gasteiger partial charge in [0, 0.05) is 37.7 Å². The molecular formula is C16H19ClFN3O. The molecule has 0 bridgehead atoms. The summed E-state index contributed by atoms with van der Waals surface area (Å²) in [5.74, 6) is 6.23. The molecule has 1 heterocycles. The number of halogens is 2. The van der Waals surface area contributed by atoms with Crippen LogP contribution in [0.25, 0.3) is 0 Å². The Kier molecular flexibility index (Phi) is 5.64. The van der Waals surface area contributed by atoms with Crippen molar-refractivity contribution < 1.29 is 9.18 Å². The summed E-state index contributed by atoms with van der Waals surface area (Å²) in [6.45, 7) is 2.80. The van der Waals surface area contributed by atoms with Crippen LogP contribution in [-0.2, 0) is 0 Å². The van der Waals surface area contributed by atoms with E-state index < -0.39 is 5.82 Å². The number of urea groups is 1. The number of amides is 2. The summed E-state index contributed by atoms with van der Waals surface area (Å²) < 4.78 is 13.8. The van der Waals surface area contributed by atoms with Gasteiger partial charge in [-0.05, 0) is 31.0 Å². The molecule has 1 saturated heterocycles. The van der Waals surface area contributed by atoms with Crippen molar-refractivity contribution in [1.82, 2.24) is 10.2 Å². The highest BCUT2D eigenvalue weighted by atomic mass is 35.5. The third-order valence-electron chi connectivity index (χ3n) is 3.61. The summed E-state index contributed by atoms with van der Waals surface area (Å²) in [6.07, 6.45) is 2.31. The Morgan fingerprint density at radius 2 is 2.05 bits per heavy atom. The molecule has 0 atom stereocenters. The topological polar surface area (TPSA) is 44.4 Å². The normalized spacial score (nSPS) is 17.0. The Morgan fingerprint density at radius 1 is 1.32 bits per heavy atom. The fraction of sp³-hybridized carbons (Fsp3) is 0.438. The Hall–Kier alpha value is -1.77. The summed E-state index contributed by atoms with van der Waals surface area (Å²) >= 11 is 0. The van der Waals surface area contributed by atoms with Gasteiger partial charge in [0.2, 0.25) is 0 Å². The van der Waals surface area contributed by atoms with Gasteiger partial charge in [0.15, 0.2) is 0 Å². The number of carbonyl (C=O) groups excluding carboxylic acids is 1. The lowest BCUT2D eigenvalue weighted by Gasteiger charge is -2.27. The van der Waals surface area contributed by atoms with Crippen LogP contribution in [0.2, 0.25) is 0 Å². The molecule has 2 N–H and O–H groups in total. The monoisotopic (exact) mass is 323 g/mol. The number of nitrogens with one attached hydrogen (secondary N) is 2. The third-order valence-corrected chi connectivity index (χ3v) is 3.61. The van der Waals surface area contributed by atoms with Crippen LogP contribution in [0, 0.1) is 23.6 Å². The van der Waals surface area contributed by atoms with Crippen LogP contribution in [0.3, 0.4) is 0 Å². The van der Waals surface area contributed by atoms with E-state index in [1.54, 1.807) is 17.0 Å². The van der Waals surface area contributed by atoms with Gasteiger partial charge in [0.05, 0.1) is 5.69 Å². The van der Waals surface area contributed by atoms with Gasteiger partial charge in [-0.2, -0.15) is 0 Å². The highest BCUT2D eigenvalue weighted by Crippen LogP contribution is 2.27. The number of rotatable bonds is 1. The second kappa shape index (κ2) is 7.48. The van der Waals surface area contributed by atoms with E-state index in [9.17, 15) is 9.18 Å². The van der Waals surface area contributed by atoms with Crippen LogP contribution in [0.4, 0.5) is 14.9 Å². The SMILES string of the molecule is Cl.O=C(Nc1cc(C#CC2CC2)ccc1F)N1CCNCC1. The van der Waals surface area contributed by atoms with Crippen molar-refractivity contribution in [3.05, 3.63) is 29.6 Å². The Morgan fingerprint density at radius 3 is 2.73 bits per heavy atom. The number of nitrogens with zero attached hydrogens (tertiary/aromatic N) is 1. The number of piperazine rings is 1. The minimum absolute atomic E-state index is 0. The Bertz CT molecular complexity index is 601. The van der Waals surface area contributed by atoms with E-state index in [-0.39, 0.29) is 24.1 Å². The molecule has 1 aromatic rings. The molecule has 0 aromatic heterocycles. The Balaban J connectivity index is 0.00000176. The molecule has 2 aliphatic rings. The van der Waals surface area contributed by atoms with Crippen LogP contribution >= 0.6 is 12.4 Å². The number of anilines is 1. The molecule has 1 aromatic carbocycles. The van der Waals surface area contributed by atoms with Crippen molar-refractivity contribution in [1.29, 1.82) is 0 Å². The lowest BCUT2D eigenvalue weighted by molar-refractivity contribution is 0.203. The highest BCUT2D eigenvalue weighted by Gasteiger charge is 2.18. The van der Waals surface area contributed by atoms with Gasteiger partial charge in [0.1, 0.15) is 5.82 Å². The number of carbonyl (C=O) groups is 1. The smallest absolute Gasteiger partial charge is 0.322 e. The molecule has 2 fully saturated rings. The van der Waals surface area contributed by atoms with E-state index in [0.29, 0.717) is 19.0 Å². The van der Waals surface area contributed by atoms with E-state index >= 15 is 0 Å². The second-order valence-corrected chi connectivity index (χ2v) is 5.41. The quantitative estimate of drug-likeness (QED) is 0.780. The Labute approximate surface area is 135 Å². The summed E-state index contributed by atoms with van der Waals surface area (Å²) in [5, 5.41) is 5.81. The van der Waals surface area contributed by atoms with Crippen LogP contribution in [0.1, 0.15) is 18.4 Å². The molecule has 0 radical (unpaired) electrons. The largest absolute Gasteiger partial charge is 0.322 e. The maximum Gasteiger partial charge on any atom is 0.322 e. The van der Waals surface area contributed by atoms with Gasteiger partial charge in [-0.15, -0.1) is 12.4 Å². The fourth-order valence-electron chi connectivity index (χ4n) is 2.17. The number of hydrogen-bond donors (Lipinski definition) is 2. The van der Waals surface area contributed by atoms with Crippen molar-refractivity contribution in [2.75, 3.05) is 31.5 Å². The van der Waals surface area contributed by atoms with Crippen LogP contribution in [-0.4, -0.2) is 37.1 Å². The minimum Gasteiger partial charge on any atom is -0.322 e. The predicted octanol–water partition coefficient (Wildman–Crippen LogP) is 2.45. The molecule has 0 spiro atoms. The van der Waals surface area contributed by atoms with Crippen molar-refractivity contribution in [3.63, 3.8) is 0 Å². The fourth-order valence-corrected chi connectivity index (χ4v) is 2.17. The molecule has 6 heteroatoms. The van der Waals surface area contributed by atoms with Gasteiger partial charge in [-0.3, -0.25) is 0 Å². The molecule has 1 saturated carbocycles. The molecule has 22 heavy (non-hydrogen) atoms. The minimum atomic E-state index is -0.435. The average molecular weight is 324 g/mol. The second-order valence-electron chi connectivity index (χ2n) is 5.41.